The second kappa shape index (κ2) is 7.22. The van der Waals surface area contributed by atoms with Gasteiger partial charge in [-0.1, -0.05) is 0 Å². The number of likely N-dealkylation sites (tertiary alicyclic amines) is 1. The van der Waals surface area contributed by atoms with Gasteiger partial charge >= 0.3 is 12.1 Å². The molecule has 2 aliphatic rings. The second-order valence-electron chi connectivity index (χ2n) is 9.56. The maximum absolute atomic E-state index is 12.8. The molecule has 0 saturated carbocycles. The molecule has 2 saturated heterocycles. The Kier molecular flexibility index (Phi) is 5.86. The van der Waals surface area contributed by atoms with Gasteiger partial charge in [-0.3, -0.25) is 9.69 Å². The molecular formula is C19H33NO7. The number of aliphatic hydroxyl groups excluding tert-OH is 1. The van der Waals surface area contributed by atoms with E-state index in [1.807, 2.05) is 0 Å². The summed E-state index contributed by atoms with van der Waals surface area (Å²) < 4.78 is 22.8. The van der Waals surface area contributed by atoms with Crippen molar-refractivity contribution >= 4 is 12.1 Å². The summed E-state index contributed by atoms with van der Waals surface area (Å²) in [5.74, 6) is -1.32. The van der Waals surface area contributed by atoms with E-state index in [1.165, 1.54) is 4.90 Å². The molecule has 0 radical (unpaired) electrons. The first kappa shape index (κ1) is 21.9. The summed E-state index contributed by atoms with van der Waals surface area (Å²) in [6.45, 7) is 13.8. The smallest absolute Gasteiger partial charge is 0.411 e. The average molecular weight is 387 g/mol. The molecule has 2 heterocycles. The minimum atomic E-state index is -0.866. The fourth-order valence-corrected chi connectivity index (χ4v) is 3.52. The maximum Gasteiger partial charge on any atom is 0.411 e. The van der Waals surface area contributed by atoms with Gasteiger partial charge < -0.3 is 24.1 Å². The highest BCUT2D eigenvalue weighted by Gasteiger charge is 2.60. The highest BCUT2D eigenvalue weighted by molar-refractivity contribution is 5.74. The third-order valence-electron chi connectivity index (χ3n) is 4.22. The second-order valence-corrected chi connectivity index (χ2v) is 9.56. The maximum atomic E-state index is 12.8. The molecule has 0 spiro atoms. The first-order valence-corrected chi connectivity index (χ1v) is 9.33. The molecule has 8 nitrogen and oxygen atoms in total. The summed E-state index contributed by atoms with van der Waals surface area (Å²) in [5, 5.41) is 9.94. The number of nitrogens with zero attached hydrogens (tertiary/aromatic N) is 1. The average Bonchev–Trinajstić information content (AvgIpc) is 2.86. The molecule has 1 unspecified atom stereocenters. The number of carbonyl (C=O) groups excluding carboxylic acids is 2. The number of hydrogen-bond donors (Lipinski definition) is 1. The molecule has 4 atom stereocenters. The molecule has 0 aromatic carbocycles. The lowest BCUT2D eigenvalue weighted by Gasteiger charge is -2.34. The normalized spacial score (nSPS) is 30.2. The quantitative estimate of drug-likeness (QED) is 0.742. The van der Waals surface area contributed by atoms with Crippen molar-refractivity contribution in [3.8, 4) is 0 Å². The molecule has 2 fully saturated rings. The van der Waals surface area contributed by atoms with Crippen LogP contribution in [0.4, 0.5) is 4.79 Å². The number of amides is 1. The lowest BCUT2D eigenvalue weighted by atomic mass is 10.1. The van der Waals surface area contributed by atoms with Gasteiger partial charge in [-0.2, -0.15) is 0 Å². The van der Waals surface area contributed by atoms with E-state index in [4.69, 9.17) is 18.9 Å². The van der Waals surface area contributed by atoms with Gasteiger partial charge in [0.2, 0.25) is 0 Å². The van der Waals surface area contributed by atoms with Gasteiger partial charge in [0.15, 0.2) is 5.79 Å². The molecule has 8 heteroatoms. The fraction of sp³-hybridized carbons (Fsp3) is 0.895. The third-order valence-corrected chi connectivity index (χ3v) is 4.22. The highest BCUT2D eigenvalue weighted by atomic mass is 16.8. The Hall–Kier alpha value is -1.38. The van der Waals surface area contributed by atoms with Crippen molar-refractivity contribution in [3.05, 3.63) is 0 Å². The lowest BCUT2D eigenvalue weighted by molar-refractivity contribution is -0.173. The minimum absolute atomic E-state index is 0.0758. The summed E-state index contributed by atoms with van der Waals surface area (Å²) in [5.41, 5.74) is -1.36. The Bertz CT molecular complexity index is 576. The van der Waals surface area contributed by atoms with E-state index in [0.29, 0.717) is 0 Å². The van der Waals surface area contributed by atoms with E-state index in [9.17, 15) is 14.7 Å². The van der Waals surface area contributed by atoms with Crippen molar-refractivity contribution in [1.29, 1.82) is 0 Å². The Labute approximate surface area is 161 Å². The van der Waals surface area contributed by atoms with Crippen molar-refractivity contribution in [2.75, 3.05) is 6.61 Å². The van der Waals surface area contributed by atoms with Crippen LogP contribution >= 0.6 is 0 Å². The SMILES string of the molecule is CC(C)(C)OC(=O)CC1[C@@H]2OC(C)(C)O[C@@H]2[C@@H](CO)N1C(=O)OC(C)(C)C. The Balaban J connectivity index is 2.30. The lowest BCUT2D eigenvalue weighted by Crippen LogP contribution is -2.50. The van der Waals surface area contributed by atoms with E-state index < -0.39 is 53.3 Å². The first-order valence-electron chi connectivity index (χ1n) is 9.33. The van der Waals surface area contributed by atoms with Gasteiger partial charge in [0.05, 0.1) is 25.1 Å². The van der Waals surface area contributed by atoms with Crippen molar-refractivity contribution in [2.45, 2.75) is 103 Å². The van der Waals surface area contributed by atoms with E-state index in [0.717, 1.165) is 0 Å². The van der Waals surface area contributed by atoms with Crippen LogP contribution in [0.2, 0.25) is 0 Å². The van der Waals surface area contributed by atoms with Crippen molar-refractivity contribution in [1.82, 2.24) is 4.90 Å². The van der Waals surface area contributed by atoms with Crippen LogP contribution < -0.4 is 0 Å². The van der Waals surface area contributed by atoms with Crippen molar-refractivity contribution in [2.24, 2.45) is 0 Å². The predicted octanol–water partition coefficient (Wildman–Crippen LogP) is 2.22. The van der Waals surface area contributed by atoms with Crippen LogP contribution in [0.3, 0.4) is 0 Å². The van der Waals surface area contributed by atoms with Crippen LogP contribution in [0.15, 0.2) is 0 Å². The zero-order valence-corrected chi connectivity index (χ0v) is 17.6. The topological polar surface area (TPSA) is 94.5 Å². The number of esters is 1. The van der Waals surface area contributed by atoms with Crippen LogP contribution in [-0.2, 0) is 23.7 Å². The largest absolute Gasteiger partial charge is 0.460 e. The standard InChI is InChI=1S/C19H33NO7/c1-17(2,3)24-13(22)9-11-14-15(26-19(7,8)25-14)12(10-21)20(11)16(23)27-18(4,5)6/h11-12,14-15,21H,9-10H2,1-8H3/t11?,12-,14+,15-/m1/s1. The third kappa shape index (κ3) is 5.33. The van der Waals surface area contributed by atoms with Gasteiger partial charge in [0, 0.05) is 0 Å². The molecule has 27 heavy (non-hydrogen) atoms. The number of rotatable bonds is 3. The molecule has 1 N–H and O–H groups in total. The summed E-state index contributed by atoms with van der Waals surface area (Å²) in [4.78, 5) is 26.7. The molecule has 0 aliphatic carbocycles. The van der Waals surface area contributed by atoms with Crippen molar-refractivity contribution < 1.29 is 33.6 Å². The van der Waals surface area contributed by atoms with Crippen LogP contribution in [0, 0.1) is 0 Å². The molecule has 1 amide bonds. The number of hydrogen-bond acceptors (Lipinski definition) is 7. The Morgan fingerprint density at radius 1 is 0.963 bits per heavy atom. The molecule has 0 aromatic heterocycles. The van der Waals surface area contributed by atoms with Gasteiger partial charge in [-0.25, -0.2) is 4.79 Å². The van der Waals surface area contributed by atoms with Crippen molar-refractivity contribution in [3.63, 3.8) is 0 Å². The van der Waals surface area contributed by atoms with E-state index in [2.05, 4.69) is 0 Å². The van der Waals surface area contributed by atoms with Crippen LogP contribution in [0.25, 0.3) is 0 Å². The number of ether oxygens (including phenoxy) is 4. The predicted molar refractivity (Wildman–Crippen MR) is 97.0 cm³/mol. The number of carbonyl (C=O) groups is 2. The summed E-state index contributed by atoms with van der Waals surface area (Å²) in [7, 11) is 0. The highest BCUT2D eigenvalue weighted by Crippen LogP contribution is 2.42. The van der Waals surface area contributed by atoms with Gasteiger partial charge in [0.1, 0.15) is 23.4 Å². The zero-order valence-electron chi connectivity index (χ0n) is 17.6. The van der Waals surface area contributed by atoms with Gasteiger partial charge in [-0.15, -0.1) is 0 Å². The van der Waals surface area contributed by atoms with E-state index >= 15 is 0 Å². The summed E-state index contributed by atoms with van der Waals surface area (Å²) >= 11 is 0. The number of aliphatic hydroxyl groups is 1. The fourth-order valence-electron chi connectivity index (χ4n) is 3.52. The van der Waals surface area contributed by atoms with E-state index in [1.54, 1.807) is 55.4 Å². The van der Waals surface area contributed by atoms with Crippen LogP contribution in [0.5, 0.6) is 0 Å². The molecule has 2 rings (SSSR count). The monoisotopic (exact) mass is 387 g/mol. The summed E-state index contributed by atoms with van der Waals surface area (Å²) in [6, 6.07) is -1.32. The molecule has 0 aromatic rings. The molecule has 0 bridgehead atoms. The van der Waals surface area contributed by atoms with Gasteiger partial charge in [-0.05, 0) is 55.4 Å². The van der Waals surface area contributed by atoms with Gasteiger partial charge in [0.25, 0.3) is 0 Å². The Morgan fingerprint density at radius 2 is 1.44 bits per heavy atom. The minimum Gasteiger partial charge on any atom is -0.460 e. The number of fused-ring (bicyclic) bond motifs is 1. The Morgan fingerprint density at radius 3 is 1.89 bits per heavy atom. The first-order chi connectivity index (χ1) is 12.1. The van der Waals surface area contributed by atoms with Crippen LogP contribution in [0.1, 0.15) is 61.8 Å². The zero-order chi connectivity index (χ0) is 20.8. The molecule has 2 aliphatic heterocycles. The van der Waals surface area contributed by atoms with E-state index in [-0.39, 0.29) is 13.0 Å². The van der Waals surface area contributed by atoms with Crippen LogP contribution in [-0.4, -0.2) is 70.0 Å². The summed E-state index contributed by atoms with van der Waals surface area (Å²) in [6.07, 6.45) is -1.80. The molecular weight excluding hydrogens is 354 g/mol. The molecule has 156 valence electrons.